The first-order chi connectivity index (χ1) is 11.8. The van der Waals surface area contributed by atoms with E-state index in [4.69, 9.17) is 10.5 Å². The molecule has 0 aromatic heterocycles. The molecule has 0 aliphatic carbocycles. The highest BCUT2D eigenvalue weighted by Gasteiger charge is 2.59. The average molecular weight is 367 g/mol. The number of carbonyl (C=O) groups excluding carboxylic acids is 2. The zero-order valence-corrected chi connectivity index (χ0v) is 13.5. The fraction of sp³-hybridized carbons (Fsp3) is 0.286. The van der Waals surface area contributed by atoms with Gasteiger partial charge in [-0.3, -0.25) is 19.8 Å². The lowest BCUT2D eigenvalue weighted by molar-refractivity contribution is -0.384. The van der Waals surface area contributed by atoms with E-state index < -0.39 is 45.2 Å². The Bertz CT molecular complexity index is 779. The molecule has 1 amide bonds. The van der Waals surface area contributed by atoms with Gasteiger partial charge in [0, 0.05) is 12.1 Å². The number of aliphatic hydroxyl groups excluding tert-OH is 1. The number of benzene rings is 1. The van der Waals surface area contributed by atoms with Gasteiger partial charge < -0.3 is 20.1 Å². The van der Waals surface area contributed by atoms with Crippen molar-refractivity contribution in [3.05, 3.63) is 51.4 Å². The van der Waals surface area contributed by atoms with Crippen LogP contribution in [0.1, 0.15) is 5.56 Å². The van der Waals surface area contributed by atoms with Crippen LogP contribution in [0, 0.1) is 10.1 Å². The van der Waals surface area contributed by atoms with Gasteiger partial charge in [-0.05, 0) is 28.9 Å². The summed E-state index contributed by atoms with van der Waals surface area (Å²) in [6.07, 6.45) is 0. The number of nitro groups is 1. The number of fused-ring (bicyclic) bond motifs is 1. The maximum atomic E-state index is 12.2. The fourth-order valence-corrected chi connectivity index (χ4v) is 4.04. The number of nitro benzene ring substituents is 1. The van der Waals surface area contributed by atoms with E-state index in [0.29, 0.717) is 5.56 Å². The van der Waals surface area contributed by atoms with E-state index in [1.807, 2.05) is 0 Å². The number of non-ortho nitro benzene ring substituents is 1. The Morgan fingerprint density at radius 2 is 2.08 bits per heavy atom. The van der Waals surface area contributed by atoms with Crippen molar-refractivity contribution in [3.8, 4) is 0 Å². The molecule has 3 rings (SSSR count). The third-order valence-electron chi connectivity index (χ3n) is 3.86. The van der Waals surface area contributed by atoms with Gasteiger partial charge in [0.25, 0.3) is 11.6 Å². The van der Waals surface area contributed by atoms with Gasteiger partial charge in [0.2, 0.25) is 5.37 Å². The number of esters is 1. The van der Waals surface area contributed by atoms with Crippen molar-refractivity contribution in [1.29, 1.82) is 0 Å². The third-order valence-corrected chi connectivity index (χ3v) is 5.46. The standard InChI is InChI=1S/C14H13N3O7S/c15-10-12(19)16-11(9(18)6-25(23)13(10)16)14(20)24-5-7-1-3-8(4-2-7)17(21)22/h1-4,10,13,18H,5-6,15H2/t10?,13-,25?/m1/s1. The molecule has 1 aromatic carbocycles. The van der Waals surface area contributed by atoms with Crippen molar-refractivity contribution in [3.63, 3.8) is 0 Å². The molecule has 1 fully saturated rings. The monoisotopic (exact) mass is 367 g/mol. The normalized spacial score (nSPS) is 25.3. The van der Waals surface area contributed by atoms with E-state index in [2.05, 4.69) is 0 Å². The molecule has 2 heterocycles. The van der Waals surface area contributed by atoms with Crippen molar-refractivity contribution in [2.24, 2.45) is 5.73 Å². The van der Waals surface area contributed by atoms with Crippen LogP contribution in [0.4, 0.5) is 5.69 Å². The molecule has 11 heteroatoms. The minimum atomic E-state index is -1.59. The molecule has 2 unspecified atom stereocenters. The molecule has 0 radical (unpaired) electrons. The van der Waals surface area contributed by atoms with Crippen LogP contribution in [0.3, 0.4) is 0 Å². The zero-order valence-electron chi connectivity index (χ0n) is 12.7. The Labute approximate surface area is 144 Å². The van der Waals surface area contributed by atoms with Crippen LogP contribution in [0.15, 0.2) is 35.7 Å². The topological polar surface area (TPSA) is 159 Å². The van der Waals surface area contributed by atoms with E-state index in [1.165, 1.54) is 24.3 Å². The molecule has 3 N–H and O–H groups in total. The molecule has 2 aliphatic heterocycles. The average Bonchev–Trinajstić information content (AvgIpc) is 2.58. The predicted octanol–water partition coefficient (Wildman–Crippen LogP) is -0.334. The Kier molecular flexibility index (Phi) is 4.37. The van der Waals surface area contributed by atoms with E-state index in [9.17, 15) is 29.4 Å². The Hall–Kier alpha value is -2.63. The van der Waals surface area contributed by atoms with Gasteiger partial charge in [-0.25, -0.2) is 4.79 Å². The highest BCUT2D eigenvalue weighted by Crippen LogP contribution is 2.35. The van der Waals surface area contributed by atoms with Gasteiger partial charge in [-0.1, -0.05) is 0 Å². The first kappa shape index (κ1) is 17.2. The minimum Gasteiger partial charge on any atom is -0.614 e. The minimum absolute atomic E-state index is 0.104. The summed E-state index contributed by atoms with van der Waals surface area (Å²) in [5.41, 5.74) is 5.60. The largest absolute Gasteiger partial charge is 0.614 e. The summed E-state index contributed by atoms with van der Waals surface area (Å²) >= 11 is -1.59. The van der Waals surface area contributed by atoms with Crippen LogP contribution >= 0.6 is 0 Å². The molecule has 1 aromatic rings. The summed E-state index contributed by atoms with van der Waals surface area (Å²) in [6.45, 7) is -0.213. The molecule has 10 nitrogen and oxygen atoms in total. The van der Waals surface area contributed by atoms with Crippen molar-refractivity contribution in [2.75, 3.05) is 5.75 Å². The lowest BCUT2D eigenvalue weighted by atomic mass is 10.1. The first-order valence-electron chi connectivity index (χ1n) is 7.09. The summed E-state index contributed by atoms with van der Waals surface area (Å²) in [5.74, 6) is -2.36. The summed E-state index contributed by atoms with van der Waals surface area (Å²) in [5, 5.41) is 19.6. The molecule has 132 valence electrons. The van der Waals surface area contributed by atoms with Gasteiger partial charge in [0.1, 0.15) is 6.61 Å². The first-order valence-corrected chi connectivity index (χ1v) is 8.48. The lowest BCUT2D eigenvalue weighted by Gasteiger charge is -2.46. The van der Waals surface area contributed by atoms with E-state index in [-0.39, 0.29) is 23.7 Å². The highest BCUT2D eigenvalue weighted by atomic mass is 32.2. The van der Waals surface area contributed by atoms with Gasteiger partial charge in [-0.2, -0.15) is 0 Å². The quantitative estimate of drug-likeness (QED) is 0.240. The fourth-order valence-electron chi connectivity index (χ4n) is 2.58. The van der Waals surface area contributed by atoms with Crippen LogP contribution in [0.2, 0.25) is 0 Å². The highest BCUT2D eigenvalue weighted by molar-refractivity contribution is 7.92. The van der Waals surface area contributed by atoms with E-state index in [1.54, 1.807) is 0 Å². The molecule has 0 saturated carbocycles. The number of hydrogen-bond donors (Lipinski definition) is 2. The number of aliphatic hydroxyl groups is 1. The Morgan fingerprint density at radius 3 is 2.68 bits per heavy atom. The number of rotatable bonds is 4. The van der Waals surface area contributed by atoms with E-state index >= 15 is 0 Å². The SMILES string of the molecule is NC1C(=O)N2C(C(=O)OCc3ccc([N+](=O)[O-])cc3)=C(O)C[S+]([O-])[C@H]12. The van der Waals surface area contributed by atoms with Crippen molar-refractivity contribution in [2.45, 2.75) is 18.0 Å². The van der Waals surface area contributed by atoms with Crippen LogP contribution in [-0.4, -0.2) is 48.5 Å². The van der Waals surface area contributed by atoms with Crippen LogP contribution in [-0.2, 0) is 32.1 Å². The van der Waals surface area contributed by atoms with E-state index in [0.717, 1.165) is 4.90 Å². The molecule has 0 bridgehead atoms. The van der Waals surface area contributed by atoms with Crippen LogP contribution in [0.25, 0.3) is 0 Å². The zero-order chi connectivity index (χ0) is 18.3. The maximum Gasteiger partial charge on any atom is 0.359 e. The van der Waals surface area contributed by atoms with Crippen molar-refractivity contribution >= 4 is 28.7 Å². The molecule has 3 atom stereocenters. The molecular formula is C14H13N3O7S. The number of amides is 1. The van der Waals surface area contributed by atoms with Crippen LogP contribution < -0.4 is 5.73 Å². The third kappa shape index (κ3) is 2.92. The predicted molar refractivity (Wildman–Crippen MR) is 84.2 cm³/mol. The smallest absolute Gasteiger partial charge is 0.359 e. The Morgan fingerprint density at radius 1 is 1.44 bits per heavy atom. The second-order valence-corrected chi connectivity index (χ2v) is 6.98. The van der Waals surface area contributed by atoms with Crippen molar-refractivity contribution < 1.29 is 28.9 Å². The summed E-state index contributed by atoms with van der Waals surface area (Å²) in [6, 6.07) is 4.38. The summed E-state index contributed by atoms with van der Waals surface area (Å²) in [4.78, 5) is 35.0. The number of hydrogen-bond acceptors (Lipinski definition) is 8. The molecule has 2 aliphatic rings. The number of nitrogens with zero attached hydrogens (tertiary/aromatic N) is 2. The van der Waals surface area contributed by atoms with Crippen molar-refractivity contribution in [1.82, 2.24) is 4.90 Å². The maximum absolute atomic E-state index is 12.2. The molecule has 25 heavy (non-hydrogen) atoms. The van der Waals surface area contributed by atoms with Crippen LogP contribution in [0.5, 0.6) is 0 Å². The number of β-lactam (4-membered cyclic amide) rings is 1. The van der Waals surface area contributed by atoms with Gasteiger partial charge in [0.05, 0.1) is 4.92 Å². The summed E-state index contributed by atoms with van der Waals surface area (Å²) in [7, 11) is 0. The number of nitrogens with two attached hydrogens (primary N) is 1. The second kappa shape index (κ2) is 6.35. The van der Waals surface area contributed by atoms with Gasteiger partial charge in [0.15, 0.2) is 23.3 Å². The number of carbonyl (C=O) groups is 2. The summed E-state index contributed by atoms with van der Waals surface area (Å²) < 4.78 is 16.9. The molecular weight excluding hydrogens is 354 g/mol. The molecule has 1 saturated heterocycles. The lowest BCUT2D eigenvalue weighted by Crippen LogP contribution is -2.73. The molecule has 0 spiro atoms. The second-order valence-electron chi connectivity index (χ2n) is 5.44. The van der Waals surface area contributed by atoms with Gasteiger partial charge >= 0.3 is 5.97 Å². The van der Waals surface area contributed by atoms with Gasteiger partial charge in [-0.15, -0.1) is 0 Å². The Balaban J connectivity index is 1.71. The number of ether oxygens (including phenoxy) is 1.